The molecular weight excluding hydrogens is 120 g/mol. The van der Waals surface area contributed by atoms with Crippen LogP contribution in [0.25, 0.3) is 0 Å². The minimum Gasteiger partial charge on any atom is -0.0530 e. The zero-order valence-corrected chi connectivity index (χ0v) is 6.68. The molecule has 0 bridgehead atoms. The molecule has 0 spiro atoms. The molecule has 0 aromatic carbocycles. The largest absolute Gasteiger partial charge is 0.0530 e. The third-order valence-corrected chi connectivity index (χ3v) is 3.28. The van der Waals surface area contributed by atoms with E-state index >= 15 is 0 Å². The standard InChI is InChI=1S/C10H17/c1-2-6-10-8-4-3-7-9(10)5-1/h1,9-10H,2-8H2/t9-,10-/m0/s1. The molecule has 10 heavy (non-hydrogen) atoms. The average Bonchev–Trinajstić information content (AvgIpc) is 2.05. The van der Waals surface area contributed by atoms with Gasteiger partial charge in [0, 0.05) is 0 Å². The summed E-state index contributed by atoms with van der Waals surface area (Å²) in [7, 11) is 0. The summed E-state index contributed by atoms with van der Waals surface area (Å²) in [5.74, 6) is 2.22. The van der Waals surface area contributed by atoms with Crippen LogP contribution in [0.15, 0.2) is 0 Å². The van der Waals surface area contributed by atoms with Crippen molar-refractivity contribution in [1.82, 2.24) is 0 Å². The third-order valence-electron chi connectivity index (χ3n) is 3.28. The lowest BCUT2D eigenvalue weighted by atomic mass is 9.71. The van der Waals surface area contributed by atoms with Gasteiger partial charge in [-0.2, -0.15) is 0 Å². The lowest BCUT2D eigenvalue weighted by molar-refractivity contribution is 0.197. The summed E-state index contributed by atoms with van der Waals surface area (Å²) in [6, 6.07) is 0. The highest BCUT2D eigenvalue weighted by atomic mass is 14.3. The zero-order chi connectivity index (χ0) is 6.81. The van der Waals surface area contributed by atoms with Gasteiger partial charge in [-0.25, -0.2) is 0 Å². The van der Waals surface area contributed by atoms with Crippen LogP contribution in [0.5, 0.6) is 0 Å². The van der Waals surface area contributed by atoms with Gasteiger partial charge in [-0.15, -0.1) is 0 Å². The van der Waals surface area contributed by atoms with E-state index in [0.717, 1.165) is 11.8 Å². The summed E-state index contributed by atoms with van der Waals surface area (Å²) in [6.45, 7) is 0. The highest BCUT2D eigenvalue weighted by Crippen LogP contribution is 2.39. The monoisotopic (exact) mass is 137 g/mol. The second-order valence-corrected chi connectivity index (χ2v) is 3.91. The van der Waals surface area contributed by atoms with E-state index in [1.165, 1.54) is 38.5 Å². The predicted molar refractivity (Wildman–Crippen MR) is 43.6 cm³/mol. The molecule has 2 saturated carbocycles. The van der Waals surface area contributed by atoms with Crippen LogP contribution < -0.4 is 0 Å². The molecule has 57 valence electrons. The fraction of sp³-hybridized carbons (Fsp3) is 0.900. The third kappa shape index (κ3) is 1.21. The molecule has 0 unspecified atom stereocenters. The first-order valence-corrected chi connectivity index (χ1v) is 4.78. The van der Waals surface area contributed by atoms with E-state index in [-0.39, 0.29) is 0 Å². The maximum absolute atomic E-state index is 2.51. The number of hydrogen-bond acceptors (Lipinski definition) is 0. The normalized spacial score (nSPS) is 40.8. The van der Waals surface area contributed by atoms with E-state index < -0.39 is 0 Å². The summed E-state index contributed by atoms with van der Waals surface area (Å²) >= 11 is 0. The zero-order valence-electron chi connectivity index (χ0n) is 6.68. The SMILES string of the molecule is [CH]1CC[C@H]2CCCC[C@@H]2C1. The Labute approximate surface area is 64.0 Å². The van der Waals surface area contributed by atoms with Crippen LogP contribution in [-0.2, 0) is 0 Å². The van der Waals surface area contributed by atoms with E-state index in [0.29, 0.717) is 0 Å². The van der Waals surface area contributed by atoms with Gasteiger partial charge in [0.1, 0.15) is 0 Å². The molecule has 0 heterocycles. The molecule has 0 heteroatoms. The van der Waals surface area contributed by atoms with Gasteiger partial charge in [-0.05, 0) is 37.5 Å². The molecule has 0 amide bonds. The maximum Gasteiger partial charge on any atom is -0.0383 e. The summed E-state index contributed by atoms with van der Waals surface area (Å²) in [5, 5.41) is 0. The Bertz CT molecular complexity index is 80.6. The van der Waals surface area contributed by atoms with Crippen molar-refractivity contribution in [1.29, 1.82) is 0 Å². The smallest absolute Gasteiger partial charge is 0.0383 e. The van der Waals surface area contributed by atoms with Gasteiger partial charge >= 0.3 is 0 Å². The van der Waals surface area contributed by atoms with E-state index in [9.17, 15) is 0 Å². The average molecular weight is 137 g/mol. The van der Waals surface area contributed by atoms with Gasteiger partial charge in [-0.3, -0.25) is 0 Å². The van der Waals surface area contributed by atoms with Gasteiger partial charge in [0.2, 0.25) is 0 Å². The van der Waals surface area contributed by atoms with E-state index in [1.807, 2.05) is 0 Å². The fourth-order valence-corrected chi connectivity index (χ4v) is 2.64. The Hall–Kier alpha value is 0. The van der Waals surface area contributed by atoms with Crippen LogP contribution in [0.4, 0.5) is 0 Å². The Kier molecular flexibility index (Phi) is 1.97. The number of hydrogen-bond donors (Lipinski definition) is 0. The van der Waals surface area contributed by atoms with Crippen LogP contribution in [-0.4, -0.2) is 0 Å². The van der Waals surface area contributed by atoms with Gasteiger partial charge in [0.15, 0.2) is 0 Å². The van der Waals surface area contributed by atoms with Crippen molar-refractivity contribution in [2.45, 2.75) is 44.9 Å². The van der Waals surface area contributed by atoms with Gasteiger partial charge in [0.05, 0.1) is 0 Å². The van der Waals surface area contributed by atoms with Crippen molar-refractivity contribution >= 4 is 0 Å². The lowest BCUT2D eigenvalue weighted by Crippen LogP contribution is -2.22. The first-order valence-electron chi connectivity index (χ1n) is 4.78. The molecule has 2 aliphatic carbocycles. The quantitative estimate of drug-likeness (QED) is 0.481. The molecule has 0 saturated heterocycles. The molecule has 2 atom stereocenters. The molecule has 2 fully saturated rings. The fourth-order valence-electron chi connectivity index (χ4n) is 2.64. The van der Waals surface area contributed by atoms with Crippen LogP contribution in [0.3, 0.4) is 0 Å². The highest BCUT2D eigenvalue weighted by molar-refractivity contribution is 4.86. The summed E-state index contributed by atoms with van der Waals surface area (Å²) in [4.78, 5) is 0. The second-order valence-electron chi connectivity index (χ2n) is 3.91. The lowest BCUT2D eigenvalue weighted by Gasteiger charge is -2.35. The van der Waals surface area contributed by atoms with Gasteiger partial charge < -0.3 is 0 Å². The highest BCUT2D eigenvalue weighted by Gasteiger charge is 2.26. The molecule has 0 aromatic heterocycles. The minimum atomic E-state index is 1.10. The molecular formula is C10H17. The molecule has 2 aliphatic rings. The Morgan fingerprint density at radius 1 is 0.900 bits per heavy atom. The number of fused-ring (bicyclic) bond motifs is 1. The molecule has 2 rings (SSSR count). The molecule has 1 radical (unpaired) electrons. The van der Waals surface area contributed by atoms with Crippen LogP contribution in [0.1, 0.15) is 44.9 Å². The summed E-state index contributed by atoms with van der Waals surface area (Å²) < 4.78 is 0. The first kappa shape index (κ1) is 6.69. The molecule has 0 aliphatic heterocycles. The number of rotatable bonds is 0. The van der Waals surface area contributed by atoms with E-state index in [2.05, 4.69) is 6.42 Å². The van der Waals surface area contributed by atoms with E-state index in [4.69, 9.17) is 0 Å². The molecule has 0 N–H and O–H groups in total. The minimum absolute atomic E-state index is 1.10. The summed E-state index contributed by atoms with van der Waals surface area (Å²) in [6.07, 6.45) is 12.9. The van der Waals surface area contributed by atoms with Crippen molar-refractivity contribution in [3.63, 3.8) is 0 Å². The maximum atomic E-state index is 2.51. The Balaban J connectivity index is 1.93. The Morgan fingerprint density at radius 3 is 2.50 bits per heavy atom. The second kappa shape index (κ2) is 2.94. The molecule has 0 aromatic rings. The first-order chi connectivity index (χ1) is 4.97. The molecule has 0 nitrogen and oxygen atoms in total. The van der Waals surface area contributed by atoms with Gasteiger partial charge in [0.25, 0.3) is 0 Å². The van der Waals surface area contributed by atoms with Crippen LogP contribution >= 0.6 is 0 Å². The van der Waals surface area contributed by atoms with Crippen molar-refractivity contribution in [2.24, 2.45) is 11.8 Å². The summed E-state index contributed by atoms with van der Waals surface area (Å²) in [5.41, 5.74) is 0. The Morgan fingerprint density at radius 2 is 1.70 bits per heavy atom. The van der Waals surface area contributed by atoms with Crippen molar-refractivity contribution < 1.29 is 0 Å². The topological polar surface area (TPSA) is 0 Å². The van der Waals surface area contributed by atoms with Gasteiger partial charge in [-0.1, -0.05) is 25.7 Å². The van der Waals surface area contributed by atoms with Crippen molar-refractivity contribution in [3.8, 4) is 0 Å². The predicted octanol–water partition coefficient (Wildman–Crippen LogP) is 3.18. The van der Waals surface area contributed by atoms with Crippen LogP contribution in [0, 0.1) is 18.3 Å². The van der Waals surface area contributed by atoms with Crippen molar-refractivity contribution in [3.05, 3.63) is 6.42 Å². The van der Waals surface area contributed by atoms with Crippen molar-refractivity contribution in [2.75, 3.05) is 0 Å². The van der Waals surface area contributed by atoms with Crippen LogP contribution in [0.2, 0.25) is 0 Å². The van der Waals surface area contributed by atoms with E-state index in [1.54, 1.807) is 6.42 Å².